The van der Waals surface area contributed by atoms with Crippen LogP contribution in [0.5, 0.6) is 0 Å². The van der Waals surface area contributed by atoms with Crippen LogP contribution >= 0.6 is 0 Å². The number of anilines is 1. The molecule has 2 aromatic rings. The van der Waals surface area contributed by atoms with Gasteiger partial charge in [0, 0.05) is 58.9 Å². The largest absolute Gasteiger partial charge is 0.363 e. The van der Waals surface area contributed by atoms with Crippen molar-refractivity contribution in [2.75, 3.05) is 32.1 Å². The summed E-state index contributed by atoms with van der Waals surface area (Å²) >= 11 is 0. The Kier molecular flexibility index (Phi) is 5.45. The Labute approximate surface area is 151 Å². The molecule has 1 aliphatic rings. The Hall–Kier alpha value is -1.85. The minimum absolute atomic E-state index is 0.521. The number of hydrogen-bond donors (Lipinski definition) is 1. The highest BCUT2D eigenvalue weighted by Gasteiger charge is 2.20. The van der Waals surface area contributed by atoms with Gasteiger partial charge >= 0.3 is 0 Å². The highest BCUT2D eigenvalue weighted by Crippen LogP contribution is 2.22. The monoisotopic (exact) mass is 341 g/mol. The normalized spacial score (nSPS) is 15.9. The first-order valence-electron chi connectivity index (χ1n) is 9.18. The first-order valence-corrected chi connectivity index (χ1v) is 9.18. The van der Waals surface area contributed by atoms with Crippen molar-refractivity contribution < 1.29 is 0 Å². The van der Waals surface area contributed by atoms with Gasteiger partial charge in [-0.2, -0.15) is 5.10 Å². The van der Waals surface area contributed by atoms with E-state index in [0.717, 1.165) is 38.3 Å². The first kappa shape index (κ1) is 18.0. The van der Waals surface area contributed by atoms with Gasteiger partial charge in [0.15, 0.2) is 0 Å². The lowest BCUT2D eigenvalue weighted by atomic mass is 9.99. The summed E-state index contributed by atoms with van der Waals surface area (Å²) < 4.78 is 1.97. The maximum Gasteiger partial charge on any atom is 0.130 e. The number of aryl methyl sites for hydroxylation is 2. The zero-order chi connectivity index (χ0) is 18.0. The van der Waals surface area contributed by atoms with Crippen molar-refractivity contribution in [1.82, 2.24) is 20.0 Å². The Bertz CT molecular complexity index is 719. The van der Waals surface area contributed by atoms with Crippen LogP contribution in [-0.4, -0.2) is 47.9 Å². The van der Waals surface area contributed by atoms with Gasteiger partial charge in [-0.3, -0.25) is 9.58 Å². The van der Waals surface area contributed by atoms with Crippen molar-refractivity contribution in [3.63, 3.8) is 0 Å². The van der Waals surface area contributed by atoms with Gasteiger partial charge < -0.3 is 10.2 Å². The summed E-state index contributed by atoms with van der Waals surface area (Å²) in [6.45, 7) is 8.48. The van der Waals surface area contributed by atoms with Gasteiger partial charge in [0.2, 0.25) is 0 Å². The maximum atomic E-state index is 4.57. The molecule has 1 aromatic carbocycles. The lowest BCUT2D eigenvalue weighted by molar-refractivity contribution is 0.186. The van der Waals surface area contributed by atoms with Crippen LogP contribution in [0.1, 0.15) is 29.3 Å². The first-order chi connectivity index (χ1) is 12.0. The number of benzene rings is 1. The number of nitrogens with one attached hydrogen (secondary N) is 1. The molecule has 25 heavy (non-hydrogen) atoms. The van der Waals surface area contributed by atoms with E-state index < -0.39 is 0 Å². The molecular weight excluding hydrogens is 310 g/mol. The van der Waals surface area contributed by atoms with Crippen LogP contribution in [0.3, 0.4) is 0 Å². The molecule has 0 amide bonds. The molecule has 0 spiro atoms. The molecule has 136 valence electrons. The van der Waals surface area contributed by atoms with E-state index in [-0.39, 0.29) is 0 Å². The van der Waals surface area contributed by atoms with Gasteiger partial charge in [0.1, 0.15) is 5.82 Å². The van der Waals surface area contributed by atoms with E-state index in [1.165, 1.54) is 22.5 Å². The molecule has 5 heteroatoms. The van der Waals surface area contributed by atoms with Gasteiger partial charge in [0.05, 0.1) is 5.69 Å². The fourth-order valence-electron chi connectivity index (χ4n) is 3.89. The fourth-order valence-corrected chi connectivity index (χ4v) is 3.89. The van der Waals surface area contributed by atoms with Crippen LogP contribution in [0.15, 0.2) is 24.3 Å². The van der Waals surface area contributed by atoms with Gasteiger partial charge in [-0.15, -0.1) is 0 Å². The molecule has 2 heterocycles. The molecule has 1 N–H and O–H groups in total. The third-order valence-electron chi connectivity index (χ3n) is 5.26. The summed E-state index contributed by atoms with van der Waals surface area (Å²) in [4.78, 5) is 4.72. The second-order valence-electron chi connectivity index (χ2n) is 7.37. The molecule has 1 aliphatic heterocycles. The SMILES string of the molecule is Cc1nn(C)c(N(C)C)c1CNC[C@H](C)N1CCc2ccccc2C1. The predicted molar refractivity (Wildman–Crippen MR) is 104 cm³/mol. The molecule has 0 saturated heterocycles. The van der Waals surface area contributed by atoms with Gasteiger partial charge in [0.25, 0.3) is 0 Å². The molecule has 0 saturated carbocycles. The Balaban J connectivity index is 1.56. The predicted octanol–water partition coefficient (Wildman–Crippen LogP) is 2.33. The van der Waals surface area contributed by atoms with Crippen LogP contribution in [0.4, 0.5) is 5.82 Å². The average molecular weight is 342 g/mol. The number of hydrogen-bond acceptors (Lipinski definition) is 4. The summed E-state index contributed by atoms with van der Waals surface area (Å²) in [5, 5.41) is 8.22. The molecule has 0 bridgehead atoms. The Morgan fingerprint density at radius 2 is 1.96 bits per heavy atom. The third-order valence-corrected chi connectivity index (χ3v) is 5.26. The molecule has 0 radical (unpaired) electrons. The molecule has 0 unspecified atom stereocenters. The van der Waals surface area contributed by atoms with Gasteiger partial charge in [-0.25, -0.2) is 0 Å². The van der Waals surface area contributed by atoms with E-state index in [2.05, 4.69) is 72.4 Å². The molecule has 0 aliphatic carbocycles. The lowest BCUT2D eigenvalue weighted by Crippen LogP contribution is -2.43. The van der Waals surface area contributed by atoms with E-state index >= 15 is 0 Å². The molecular formula is C20H31N5. The van der Waals surface area contributed by atoms with Gasteiger partial charge in [-0.1, -0.05) is 24.3 Å². The van der Waals surface area contributed by atoms with Gasteiger partial charge in [-0.05, 0) is 31.4 Å². The van der Waals surface area contributed by atoms with Crippen LogP contribution < -0.4 is 10.2 Å². The number of nitrogens with zero attached hydrogens (tertiary/aromatic N) is 4. The summed E-state index contributed by atoms with van der Waals surface area (Å²) in [6, 6.07) is 9.36. The zero-order valence-electron chi connectivity index (χ0n) is 16.2. The topological polar surface area (TPSA) is 36.3 Å². The van der Waals surface area contributed by atoms with Crippen molar-refractivity contribution in [1.29, 1.82) is 0 Å². The summed E-state index contributed by atoms with van der Waals surface area (Å²) in [5.41, 5.74) is 5.40. The fraction of sp³-hybridized carbons (Fsp3) is 0.550. The van der Waals surface area contributed by atoms with Crippen molar-refractivity contribution in [3.8, 4) is 0 Å². The third kappa shape index (κ3) is 3.88. The van der Waals surface area contributed by atoms with E-state index in [1.807, 2.05) is 11.7 Å². The standard InChI is InChI=1S/C20H31N5/c1-15(25-11-10-17-8-6-7-9-18(17)14-25)12-21-13-19-16(2)22-24(5)20(19)23(3)4/h6-9,15,21H,10-14H2,1-5H3/t15-/m0/s1. The van der Waals surface area contributed by atoms with E-state index in [9.17, 15) is 0 Å². The molecule has 0 fully saturated rings. The van der Waals surface area contributed by atoms with E-state index in [1.54, 1.807) is 0 Å². The Morgan fingerprint density at radius 3 is 2.68 bits per heavy atom. The Morgan fingerprint density at radius 1 is 1.24 bits per heavy atom. The van der Waals surface area contributed by atoms with Crippen LogP contribution in [0, 0.1) is 6.92 Å². The number of fused-ring (bicyclic) bond motifs is 1. The van der Waals surface area contributed by atoms with E-state index in [0.29, 0.717) is 6.04 Å². The highest BCUT2D eigenvalue weighted by molar-refractivity contribution is 5.48. The maximum absolute atomic E-state index is 4.57. The van der Waals surface area contributed by atoms with Crippen molar-refractivity contribution in [2.45, 2.75) is 39.4 Å². The minimum Gasteiger partial charge on any atom is -0.363 e. The molecule has 5 nitrogen and oxygen atoms in total. The smallest absolute Gasteiger partial charge is 0.130 e. The minimum atomic E-state index is 0.521. The molecule has 1 atom stereocenters. The van der Waals surface area contributed by atoms with Crippen molar-refractivity contribution in [3.05, 3.63) is 46.6 Å². The quantitative estimate of drug-likeness (QED) is 0.875. The van der Waals surface area contributed by atoms with E-state index in [4.69, 9.17) is 0 Å². The zero-order valence-corrected chi connectivity index (χ0v) is 16.2. The summed E-state index contributed by atoms with van der Waals surface area (Å²) in [6.07, 6.45) is 1.16. The highest BCUT2D eigenvalue weighted by atomic mass is 15.4. The number of rotatable bonds is 6. The average Bonchev–Trinajstić information content (AvgIpc) is 2.88. The second-order valence-corrected chi connectivity index (χ2v) is 7.37. The van der Waals surface area contributed by atoms with Crippen molar-refractivity contribution >= 4 is 5.82 Å². The lowest BCUT2D eigenvalue weighted by Gasteiger charge is -2.34. The van der Waals surface area contributed by atoms with Crippen LogP contribution in [0.2, 0.25) is 0 Å². The number of aromatic nitrogens is 2. The second kappa shape index (κ2) is 7.58. The van der Waals surface area contributed by atoms with Crippen LogP contribution in [0.25, 0.3) is 0 Å². The summed E-state index contributed by atoms with van der Waals surface area (Å²) in [7, 11) is 6.17. The molecule has 3 rings (SSSR count). The molecule has 1 aromatic heterocycles. The summed E-state index contributed by atoms with van der Waals surface area (Å²) in [5.74, 6) is 1.18. The van der Waals surface area contributed by atoms with Crippen molar-refractivity contribution in [2.24, 2.45) is 7.05 Å². The van der Waals surface area contributed by atoms with Crippen LogP contribution in [-0.2, 0) is 26.6 Å².